The maximum atomic E-state index is 15.0. The number of pyridine rings is 1. The molecule has 1 amide bonds. The van der Waals surface area contributed by atoms with Crippen LogP contribution in [0.25, 0.3) is 22.0 Å². The number of sulfonamides is 2. The minimum Gasteiger partial charge on any atom is -0.331 e. The molecule has 0 radical (unpaired) electrons. The molecule has 14 heteroatoms. The van der Waals surface area contributed by atoms with Gasteiger partial charge in [0.1, 0.15) is 17.3 Å². The van der Waals surface area contributed by atoms with Crippen molar-refractivity contribution in [2.45, 2.75) is 37.6 Å². The Morgan fingerprint density at radius 1 is 0.935 bits per heavy atom. The van der Waals surface area contributed by atoms with Gasteiger partial charge in [-0.05, 0) is 59.5 Å². The number of nitrogens with one attached hydrogen (secondary N) is 3. The van der Waals surface area contributed by atoms with E-state index in [9.17, 15) is 35.2 Å². The van der Waals surface area contributed by atoms with Crippen LogP contribution in [0.2, 0.25) is 0 Å². The molecule has 0 aliphatic rings. The third-order valence-corrected chi connectivity index (χ3v) is 9.19. The average molecular weight is 669 g/mol. The molecule has 0 aliphatic heterocycles. The first-order valence-electron chi connectivity index (χ1n) is 13.9. The Morgan fingerprint density at radius 2 is 1.67 bits per heavy atom. The number of halogens is 2. The van der Waals surface area contributed by atoms with Crippen LogP contribution < -0.4 is 15.0 Å². The molecular formula is C32H30F2N4O6S2. The highest BCUT2D eigenvalue weighted by Crippen LogP contribution is 2.37. The molecular weight excluding hydrogens is 639 g/mol. The number of benzene rings is 3. The SMILES string of the molecule is CC(C)(C)c1ccc2c(c1)c(-c1ccc[nH]c1=O)c(C(=O)NS(=O)(=O)c1cccc(NS(C)(=O)=O)c1)n2Cc1ccc(F)cc1F. The minimum atomic E-state index is -4.62. The van der Waals surface area contributed by atoms with Gasteiger partial charge in [0.05, 0.1) is 17.7 Å². The van der Waals surface area contributed by atoms with Crippen molar-refractivity contribution in [2.75, 3.05) is 11.0 Å². The van der Waals surface area contributed by atoms with Crippen molar-refractivity contribution >= 4 is 42.5 Å². The van der Waals surface area contributed by atoms with E-state index in [1.165, 1.54) is 41.1 Å². The zero-order chi connectivity index (χ0) is 33.6. The van der Waals surface area contributed by atoms with Crippen LogP contribution in [0.3, 0.4) is 0 Å². The molecule has 0 saturated carbocycles. The second kappa shape index (κ2) is 11.8. The molecule has 3 N–H and O–H groups in total. The van der Waals surface area contributed by atoms with Gasteiger partial charge in [-0.25, -0.2) is 30.3 Å². The van der Waals surface area contributed by atoms with Gasteiger partial charge in [-0.15, -0.1) is 0 Å². The number of H-pyrrole nitrogens is 1. The molecule has 5 aromatic rings. The van der Waals surface area contributed by atoms with E-state index in [-0.39, 0.29) is 40.0 Å². The first-order valence-corrected chi connectivity index (χ1v) is 17.3. The maximum Gasteiger partial charge on any atom is 0.282 e. The second-order valence-electron chi connectivity index (χ2n) is 11.8. The van der Waals surface area contributed by atoms with Crippen molar-refractivity contribution in [1.82, 2.24) is 14.3 Å². The lowest BCUT2D eigenvalue weighted by Crippen LogP contribution is -2.33. The number of fused-ring (bicyclic) bond motifs is 1. The summed E-state index contributed by atoms with van der Waals surface area (Å²) in [6.45, 7) is 5.60. The number of aromatic nitrogens is 2. The fourth-order valence-electron chi connectivity index (χ4n) is 5.10. The molecule has 10 nitrogen and oxygen atoms in total. The number of amides is 1. The van der Waals surface area contributed by atoms with Crippen molar-refractivity contribution in [2.24, 2.45) is 0 Å². The van der Waals surface area contributed by atoms with E-state index in [1.807, 2.05) is 31.6 Å². The molecule has 0 atom stereocenters. The lowest BCUT2D eigenvalue weighted by Gasteiger charge is -2.19. The van der Waals surface area contributed by atoms with Gasteiger partial charge < -0.3 is 9.55 Å². The Balaban J connectivity index is 1.76. The van der Waals surface area contributed by atoms with Gasteiger partial charge in [-0.1, -0.05) is 39.0 Å². The Hall–Kier alpha value is -4.82. The number of anilines is 1. The summed E-state index contributed by atoms with van der Waals surface area (Å²) >= 11 is 0. The van der Waals surface area contributed by atoms with Crippen molar-refractivity contribution < 1.29 is 30.4 Å². The first-order chi connectivity index (χ1) is 21.4. The predicted molar refractivity (Wildman–Crippen MR) is 172 cm³/mol. The number of carbonyl (C=O) groups excluding carboxylic acids is 1. The van der Waals surface area contributed by atoms with Crippen LogP contribution in [0.4, 0.5) is 14.5 Å². The van der Waals surface area contributed by atoms with E-state index in [1.54, 1.807) is 18.2 Å². The molecule has 0 bridgehead atoms. The van der Waals surface area contributed by atoms with E-state index < -0.39 is 48.0 Å². The van der Waals surface area contributed by atoms with Gasteiger partial charge in [0, 0.05) is 45.5 Å². The molecule has 46 heavy (non-hydrogen) atoms. The summed E-state index contributed by atoms with van der Waals surface area (Å²) in [6.07, 6.45) is 2.30. The van der Waals surface area contributed by atoms with E-state index in [4.69, 9.17) is 0 Å². The van der Waals surface area contributed by atoms with Crippen molar-refractivity contribution in [3.05, 3.63) is 118 Å². The van der Waals surface area contributed by atoms with Gasteiger partial charge in [0.25, 0.3) is 21.5 Å². The summed E-state index contributed by atoms with van der Waals surface area (Å²) < 4.78 is 84.8. The smallest absolute Gasteiger partial charge is 0.282 e. The summed E-state index contributed by atoms with van der Waals surface area (Å²) in [5, 5.41) is 0.425. The highest BCUT2D eigenvalue weighted by Gasteiger charge is 2.30. The average Bonchev–Trinajstić information content (AvgIpc) is 3.26. The molecule has 5 rings (SSSR count). The number of aromatic amines is 1. The lowest BCUT2D eigenvalue weighted by atomic mass is 9.86. The summed E-state index contributed by atoms with van der Waals surface area (Å²) in [6, 6.07) is 16.2. The summed E-state index contributed by atoms with van der Waals surface area (Å²) in [4.78, 5) is 29.5. The number of hydrogen-bond acceptors (Lipinski definition) is 6. The molecule has 0 fully saturated rings. The Labute approximate surface area is 264 Å². The van der Waals surface area contributed by atoms with Crippen LogP contribution in [-0.4, -0.2) is 38.5 Å². The quantitative estimate of drug-likeness (QED) is 0.209. The molecule has 0 saturated heterocycles. The van der Waals surface area contributed by atoms with Crippen LogP contribution in [-0.2, 0) is 32.0 Å². The Kier molecular flexibility index (Phi) is 8.38. The molecule has 2 heterocycles. The van der Waals surface area contributed by atoms with Gasteiger partial charge in [0.2, 0.25) is 10.0 Å². The van der Waals surface area contributed by atoms with Gasteiger partial charge in [-0.3, -0.25) is 14.3 Å². The minimum absolute atomic E-state index is 0.00294. The predicted octanol–water partition coefficient (Wildman–Crippen LogP) is 5.11. The van der Waals surface area contributed by atoms with Crippen LogP contribution in [0.15, 0.2) is 88.7 Å². The van der Waals surface area contributed by atoms with Crippen LogP contribution >= 0.6 is 0 Å². The molecule has 3 aromatic carbocycles. The molecule has 0 aliphatic carbocycles. The van der Waals surface area contributed by atoms with Crippen molar-refractivity contribution in [3.63, 3.8) is 0 Å². The van der Waals surface area contributed by atoms with Crippen molar-refractivity contribution in [1.29, 1.82) is 0 Å². The lowest BCUT2D eigenvalue weighted by molar-refractivity contribution is 0.0974. The van der Waals surface area contributed by atoms with Gasteiger partial charge >= 0.3 is 0 Å². The number of carbonyl (C=O) groups is 1. The van der Waals surface area contributed by atoms with E-state index in [0.29, 0.717) is 17.0 Å². The highest BCUT2D eigenvalue weighted by molar-refractivity contribution is 7.92. The number of rotatable bonds is 8. The molecule has 240 valence electrons. The summed E-state index contributed by atoms with van der Waals surface area (Å²) in [5.41, 5.74) is 0.141. The molecule has 0 unspecified atom stereocenters. The third kappa shape index (κ3) is 6.72. The number of hydrogen-bond donors (Lipinski definition) is 3. The van der Waals surface area contributed by atoms with Gasteiger partial charge in [-0.2, -0.15) is 0 Å². The Bertz CT molecular complexity index is 2290. The topological polar surface area (TPSA) is 147 Å². The summed E-state index contributed by atoms with van der Waals surface area (Å²) in [5.74, 6) is -2.83. The normalized spacial score (nSPS) is 12.3. The van der Waals surface area contributed by atoms with Crippen LogP contribution in [0.1, 0.15) is 42.4 Å². The zero-order valence-corrected chi connectivity index (χ0v) is 26.8. The van der Waals surface area contributed by atoms with Crippen LogP contribution in [0.5, 0.6) is 0 Å². The second-order valence-corrected chi connectivity index (χ2v) is 15.2. The van der Waals surface area contributed by atoms with E-state index in [0.717, 1.165) is 24.0 Å². The fourth-order valence-corrected chi connectivity index (χ4v) is 6.66. The van der Waals surface area contributed by atoms with Crippen LogP contribution in [0, 0.1) is 11.6 Å². The molecule has 0 spiro atoms. The van der Waals surface area contributed by atoms with E-state index in [2.05, 4.69) is 9.71 Å². The third-order valence-electron chi connectivity index (χ3n) is 7.25. The first kappa shape index (κ1) is 32.6. The Morgan fingerprint density at radius 3 is 2.33 bits per heavy atom. The standard InChI is InChI=1S/C32H30F2N4O6S2/c1-32(2,3)20-11-13-27-25(15-20)28(24-9-6-14-35-30(24)39)29(38(27)18-19-10-12-21(33)16-26(19)34)31(40)37-46(43,44)23-8-5-7-22(17-23)36-45(4,41)42/h5-17,36H,18H2,1-4H3,(H,35,39)(H,37,40). The largest absolute Gasteiger partial charge is 0.331 e. The van der Waals surface area contributed by atoms with E-state index >= 15 is 0 Å². The van der Waals surface area contributed by atoms with Gasteiger partial charge in [0.15, 0.2) is 0 Å². The van der Waals surface area contributed by atoms with Crippen molar-refractivity contribution in [3.8, 4) is 11.1 Å². The number of nitrogens with zero attached hydrogens (tertiary/aromatic N) is 1. The maximum absolute atomic E-state index is 15.0. The highest BCUT2D eigenvalue weighted by atomic mass is 32.2. The fraction of sp³-hybridized carbons (Fsp3) is 0.188. The monoisotopic (exact) mass is 668 g/mol. The summed E-state index contributed by atoms with van der Waals surface area (Å²) in [7, 11) is -8.36. The zero-order valence-electron chi connectivity index (χ0n) is 25.2. The molecule has 2 aromatic heterocycles.